The third-order valence-corrected chi connectivity index (χ3v) is 9.11. The number of carbonyl (C=O) groups is 1. The summed E-state index contributed by atoms with van der Waals surface area (Å²) in [5.74, 6) is -0.000505. The highest BCUT2D eigenvalue weighted by Gasteiger charge is 2.21. The molecule has 1 atom stereocenters. The van der Waals surface area contributed by atoms with E-state index in [1.54, 1.807) is 12.1 Å². The number of aromatic nitrogens is 1. The van der Waals surface area contributed by atoms with Gasteiger partial charge in [-0.05, 0) is 68.1 Å². The molecule has 2 amide bonds. The number of rotatable bonds is 16. The second kappa shape index (κ2) is 17.7. The minimum absolute atomic E-state index is 0.000505. The molecule has 0 aliphatic carbocycles. The van der Waals surface area contributed by atoms with Crippen LogP contribution in [0, 0.1) is 0 Å². The molecule has 47 heavy (non-hydrogen) atoms. The molecule has 0 bridgehead atoms. The predicted molar refractivity (Wildman–Crippen MR) is 190 cm³/mol. The highest BCUT2D eigenvalue weighted by Crippen LogP contribution is 2.29. The second-order valence-corrected chi connectivity index (χ2v) is 12.6. The summed E-state index contributed by atoms with van der Waals surface area (Å²) < 4.78 is 0. The summed E-state index contributed by atoms with van der Waals surface area (Å²) >= 11 is 0. The van der Waals surface area contributed by atoms with Crippen molar-refractivity contribution in [3.8, 4) is 16.9 Å². The Bertz CT molecular complexity index is 1620. The van der Waals surface area contributed by atoms with Crippen LogP contribution in [-0.4, -0.2) is 64.9 Å². The predicted octanol–water partition coefficient (Wildman–Crippen LogP) is 6.54. The maximum absolute atomic E-state index is 12.8. The van der Waals surface area contributed by atoms with E-state index in [9.17, 15) is 19.8 Å². The van der Waals surface area contributed by atoms with Crippen molar-refractivity contribution in [1.82, 2.24) is 20.5 Å². The standard InChI is InChI=1S/C38H49N5O4/c44-34-19-17-31(32-18-20-36(46)42-37(32)34)35(45)27-39-23-11-4-2-1-3-5-12-24-43-25-21-29(22-26-43)40-38(47)41-33-16-10-9-15-30(33)28-13-7-6-8-14-28/h6-10,13-20,29,35,39,44-45H,1-5,11-12,21-27H2,(H,42,46)(H2,40,41,47). The number of likely N-dealkylation sites (tertiary alicyclic amines) is 1. The number of hydrogen-bond acceptors (Lipinski definition) is 6. The number of fused-ring (bicyclic) bond motifs is 1. The summed E-state index contributed by atoms with van der Waals surface area (Å²) in [5.41, 5.74) is 3.68. The molecule has 9 heteroatoms. The molecular weight excluding hydrogens is 590 g/mol. The summed E-state index contributed by atoms with van der Waals surface area (Å²) in [5, 5.41) is 31.0. The average molecular weight is 640 g/mol. The van der Waals surface area contributed by atoms with Crippen LogP contribution < -0.4 is 21.5 Å². The van der Waals surface area contributed by atoms with Gasteiger partial charge in [-0.25, -0.2) is 4.79 Å². The van der Waals surface area contributed by atoms with Gasteiger partial charge in [-0.1, -0.05) is 86.7 Å². The van der Waals surface area contributed by atoms with Crippen LogP contribution in [0.5, 0.6) is 5.75 Å². The largest absolute Gasteiger partial charge is 0.506 e. The molecule has 1 saturated heterocycles. The van der Waals surface area contributed by atoms with Crippen LogP contribution >= 0.6 is 0 Å². The zero-order valence-corrected chi connectivity index (χ0v) is 27.2. The molecule has 3 aromatic carbocycles. The minimum Gasteiger partial charge on any atom is -0.506 e. The monoisotopic (exact) mass is 639 g/mol. The summed E-state index contributed by atoms with van der Waals surface area (Å²) in [7, 11) is 0. The first-order valence-electron chi connectivity index (χ1n) is 17.2. The number of pyridine rings is 1. The van der Waals surface area contributed by atoms with Gasteiger partial charge in [0.15, 0.2) is 0 Å². The lowest BCUT2D eigenvalue weighted by Gasteiger charge is -2.32. The number of phenols is 1. The van der Waals surface area contributed by atoms with Crippen LogP contribution in [-0.2, 0) is 0 Å². The molecule has 1 fully saturated rings. The Morgan fingerprint density at radius 2 is 1.55 bits per heavy atom. The van der Waals surface area contributed by atoms with Crippen LogP contribution in [0.25, 0.3) is 22.0 Å². The van der Waals surface area contributed by atoms with Gasteiger partial charge in [-0.2, -0.15) is 0 Å². The smallest absolute Gasteiger partial charge is 0.319 e. The average Bonchev–Trinajstić information content (AvgIpc) is 3.09. The second-order valence-electron chi connectivity index (χ2n) is 12.6. The van der Waals surface area contributed by atoms with Gasteiger partial charge in [-0.15, -0.1) is 0 Å². The van der Waals surface area contributed by atoms with E-state index in [-0.39, 0.29) is 23.4 Å². The Kier molecular flexibility index (Phi) is 12.8. The van der Waals surface area contributed by atoms with Crippen molar-refractivity contribution in [2.24, 2.45) is 0 Å². The van der Waals surface area contributed by atoms with Crippen molar-refractivity contribution in [2.45, 2.75) is 69.9 Å². The van der Waals surface area contributed by atoms with Crippen molar-refractivity contribution in [1.29, 1.82) is 0 Å². The molecule has 0 radical (unpaired) electrons. The number of aromatic amines is 1. The van der Waals surface area contributed by atoms with Gasteiger partial charge in [0.05, 0.1) is 17.3 Å². The number of carbonyl (C=O) groups excluding carboxylic acids is 1. The van der Waals surface area contributed by atoms with Crippen molar-refractivity contribution in [3.63, 3.8) is 0 Å². The molecule has 6 N–H and O–H groups in total. The maximum Gasteiger partial charge on any atom is 0.319 e. The maximum atomic E-state index is 12.8. The lowest BCUT2D eigenvalue weighted by molar-refractivity contribution is 0.176. The normalized spacial score (nSPS) is 14.7. The minimum atomic E-state index is -0.723. The van der Waals surface area contributed by atoms with Gasteiger partial charge in [0, 0.05) is 42.7 Å². The number of amides is 2. The molecule has 9 nitrogen and oxygen atoms in total. The topological polar surface area (TPSA) is 130 Å². The van der Waals surface area contributed by atoms with Crippen LogP contribution in [0.15, 0.2) is 83.7 Å². The molecule has 1 unspecified atom stereocenters. The number of benzene rings is 3. The van der Waals surface area contributed by atoms with Crippen molar-refractivity contribution >= 4 is 22.6 Å². The number of nitrogens with zero attached hydrogens (tertiary/aromatic N) is 1. The highest BCUT2D eigenvalue weighted by atomic mass is 16.3. The number of phenolic OH excluding ortho intramolecular Hbond substituents is 1. The van der Waals surface area contributed by atoms with E-state index in [0.717, 1.165) is 62.3 Å². The lowest BCUT2D eigenvalue weighted by atomic mass is 10.0. The van der Waals surface area contributed by atoms with Gasteiger partial charge < -0.3 is 36.0 Å². The van der Waals surface area contributed by atoms with Crippen molar-refractivity contribution in [3.05, 3.63) is 94.8 Å². The van der Waals surface area contributed by atoms with Gasteiger partial charge >= 0.3 is 6.03 Å². The van der Waals surface area contributed by atoms with Gasteiger partial charge in [0.1, 0.15) is 5.75 Å². The van der Waals surface area contributed by atoms with E-state index in [1.165, 1.54) is 50.7 Å². The molecule has 2 heterocycles. The third kappa shape index (κ3) is 10.2. The van der Waals surface area contributed by atoms with Gasteiger partial charge in [0.2, 0.25) is 5.56 Å². The Balaban J connectivity index is 0.874. The highest BCUT2D eigenvalue weighted by molar-refractivity contribution is 5.94. The molecule has 1 aromatic heterocycles. The summed E-state index contributed by atoms with van der Waals surface area (Å²) in [6.07, 6.45) is 9.64. The number of urea groups is 1. The van der Waals surface area contributed by atoms with Crippen molar-refractivity contribution < 1.29 is 15.0 Å². The lowest BCUT2D eigenvalue weighted by Crippen LogP contribution is -2.46. The van der Waals surface area contributed by atoms with E-state index < -0.39 is 6.10 Å². The first-order valence-corrected chi connectivity index (χ1v) is 17.2. The van der Waals surface area contributed by atoms with Crippen LogP contribution in [0.2, 0.25) is 0 Å². The van der Waals surface area contributed by atoms with E-state index in [0.29, 0.717) is 23.0 Å². The van der Waals surface area contributed by atoms with E-state index >= 15 is 0 Å². The molecule has 1 aliphatic rings. The molecule has 250 valence electrons. The molecule has 5 rings (SSSR count). The first-order chi connectivity index (χ1) is 23.0. The molecule has 1 aliphatic heterocycles. The molecule has 0 saturated carbocycles. The molecule has 0 spiro atoms. The fourth-order valence-corrected chi connectivity index (χ4v) is 6.47. The van der Waals surface area contributed by atoms with E-state index in [4.69, 9.17) is 0 Å². The summed E-state index contributed by atoms with van der Waals surface area (Å²) in [4.78, 5) is 29.6. The zero-order valence-electron chi connectivity index (χ0n) is 27.2. The fourth-order valence-electron chi connectivity index (χ4n) is 6.47. The van der Waals surface area contributed by atoms with Crippen LogP contribution in [0.4, 0.5) is 10.5 Å². The summed E-state index contributed by atoms with van der Waals surface area (Å²) in [6, 6.07) is 24.4. The third-order valence-electron chi connectivity index (χ3n) is 9.11. The number of aliphatic hydroxyl groups is 1. The Labute approximate surface area is 277 Å². The Morgan fingerprint density at radius 1 is 0.851 bits per heavy atom. The number of anilines is 1. The van der Waals surface area contributed by atoms with Gasteiger partial charge in [-0.3, -0.25) is 4.79 Å². The Hall–Kier alpha value is -4.18. The number of aliphatic hydroxyl groups excluding tert-OH is 1. The van der Waals surface area contributed by atoms with E-state index in [2.05, 4.69) is 38.0 Å². The number of unbranched alkanes of at least 4 members (excludes halogenated alkanes) is 6. The van der Waals surface area contributed by atoms with Crippen molar-refractivity contribution in [2.75, 3.05) is 38.0 Å². The number of aromatic hydroxyl groups is 1. The first kappa shape index (κ1) is 34.2. The van der Waals surface area contributed by atoms with Crippen LogP contribution in [0.1, 0.15) is 69.5 Å². The number of hydrogen-bond donors (Lipinski definition) is 6. The number of para-hydroxylation sites is 1. The Morgan fingerprint density at radius 3 is 2.34 bits per heavy atom. The number of H-pyrrole nitrogens is 1. The number of nitrogens with one attached hydrogen (secondary N) is 4. The zero-order chi connectivity index (χ0) is 32.8. The van der Waals surface area contributed by atoms with Gasteiger partial charge in [0.25, 0.3) is 0 Å². The SMILES string of the molecule is O=C(Nc1ccccc1-c1ccccc1)NC1CCN(CCCCCCCCCNCC(O)c2ccc(O)c3[nH]c(=O)ccc23)CC1. The molecular formula is C38H49N5O4. The van der Waals surface area contributed by atoms with E-state index in [1.807, 2.05) is 42.5 Å². The summed E-state index contributed by atoms with van der Waals surface area (Å²) in [6.45, 7) is 4.44. The number of piperidine rings is 1. The molecule has 4 aromatic rings. The fraction of sp³-hybridized carbons (Fsp3) is 0.421. The quantitative estimate of drug-likeness (QED) is 0.0773. The van der Waals surface area contributed by atoms with Crippen LogP contribution in [0.3, 0.4) is 0 Å².